The van der Waals surface area contributed by atoms with Crippen molar-refractivity contribution in [1.29, 1.82) is 0 Å². The lowest BCUT2D eigenvalue weighted by Gasteiger charge is -2.21. The van der Waals surface area contributed by atoms with Crippen molar-refractivity contribution in [1.82, 2.24) is 0 Å². The molecule has 17 nitrogen and oxygen atoms in total. The highest BCUT2D eigenvalue weighted by Crippen LogP contribution is 2.45. The molecule has 0 aromatic heterocycles. The fourth-order valence-electron chi connectivity index (χ4n) is 11.5. The number of esters is 4. The van der Waals surface area contributed by atoms with Crippen molar-refractivity contribution in [3.63, 3.8) is 0 Å². The summed E-state index contributed by atoms with van der Waals surface area (Å²) in [5.41, 5.74) is 0. The Balaban J connectivity index is 5.18. The molecule has 0 rings (SSSR count). The van der Waals surface area contributed by atoms with E-state index in [2.05, 4.69) is 48.5 Å². The molecule has 19 heteroatoms. The molecule has 0 aromatic rings. The summed E-state index contributed by atoms with van der Waals surface area (Å²) in [6.45, 7) is 11.9. The molecule has 0 aliphatic heterocycles. The Hall–Kier alpha value is -1.94. The molecule has 0 aliphatic carbocycles. The van der Waals surface area contributed by atoms with Crippen molar-refractivity contribution in [2.75, 3.05) is 39.6 Å². The number of unbranched alkanes of at least 4 members (excludes halogenated alkanes) is 40. The number of ether oxygens (including phenoxy) is 4. The van der Waals surface area contributed by atoms with Crippen molar-refractivity contribution >= 4 is 39.5 Å². The van der Waals surface area contributed by atoms with E-state index in [0.717, 1.165) is 114 Å². The SMILES string of the molecule is CCCCCCCCCCCCCCC(=O)OC[C@H](COP(=O)(O)OC[C@@H](O)COP(=O)(O)OC[C@@H](COC(=O)CCCCCCCCC(C)CC)OC(=O)CCCCCCCCCCC(C)C)OC(=O)CCCCCCCCCCCCCCCCCCCCC(C)CC. The van der Waals surface area contributed by atoms with E-state index in [1.807, 2.05) is 0 Å². The predicted octanol–water partition coefficient (Wildman–Crippen LogP) is 22.2. The predicted molar refractivity (Wildman–Crippen MR) is 386 cm³/mol. The van der Waals surface area contributed by atoms with Crippen LogP contribution in [-0.2, 0) is 65.4 Å². The van der Waals surface area contributed by atoms with Gasteiger partial charge in [0.05, 0.1) is 26.4 Å². The topological polar surface area (TPSA) is 237 Å². The summed E-state index contributed by atoms with van der Waals surface area (Å²) in [5, 5.41) is 10.6. The monoisotopic (exact) mass is 1400 g/mol. The molecule has 0 saturated carbocycles. The zero-order chi connectivity index (χ0) is 70.1. The van der Waals surface area contributed by atoms with Crippen molar-refractivity contribution in [2.45, 2.75) is 407 Å². The molecule has 0 aromatic carbocycles. The number of aliphatic hydroxyl groups is 1. The maximum absolute atomic E-state index is 13.1. The normalized spacial score (nSPS) is 14.6. The quantitative estimate of drug-likeness (QED) is 0.0222. The number of hydrogen-bond acceptors (Lipinski definition) is 15. The first kappa shape index (κ1) is 93.1. The Morgan fingerprint density at radius 2 is 0.537 bits per heavy atom. The number of phosphoric ester groups is 2. The average molecular weight is 1400 g/mol. The second-order valence-electron chi connectivity index (χ2n) is 28.4. The maximum Gasteiger partial charge on any atom is 0.472 e. The minimum Gasteiger partial charge on any atom is -0.462 e. The van der Waals surface area contributed by atoms with Crippen LogP contribution in [0.3, 0.4) is 0 Å². The first-order chi connectivity index (χ1) is 45.8. The third-order valence-corrected chi connectivity index (χ3v) is 20.3. The van der Waals surface area contributed by atoms with Crippen molar-refractivity contribution in [2.24, 2.45) is 17.8 Å². The zero-order valence-electron chi connectivity index (χ0n) is 62.1. The first-order valence-corrected chi connectivity index (χ1v) is 42.4. The third kappa shape index (κ3) is 67.6. The highest BCUT2D eigenvalue weighted by Gasteiger charge is 2.30. The van der Waals surface area contributed by atoms with E-state index >= 15 is 0 Å². The molecule has 564 valence electrons. The Morgan fingerprint density at radius 1 is 0.305 bits per heavy atom. The van der Waals surface area contributed by atoms with Gasteiger partial charge in [-0.05, 0) is 43.4 Å². The summed E-state index contributed by atoms with van der Waals surface area (Å²) >= 11 is 0. The largest absolute Gasteiger partial charge is 0.472 e. The van der Waals surface area contributed by atoms with Crippen molar-refractivity contribution in [3.8, 4) is 0 Å². The summed E-state index contributed by atoms with van der Waals surface area (Å²) in [5.74, 6) is 0.199. The van der Waals surface area contributed by atoms with E-state index < -0.39 is 97.5 Å². The Labute approximate surface area is 581 Å². The third-order valence-electron chi connectivity index (χ3n) is 18.4. The van der Waals surface area contributed by atoms with Gasteiger partial charge in [0.2, 0.25) is 0 Å². The molecule has 0 radical (unpaired) electrons. The van der Waals surface area contributed by atoms with Crippen LogP contribution in [0.15, 0.2) is 0 Å². The van der Waals surface area contributed by atoms with Gasteiger partial charge in [-0.3, -0.25) is 37.3 Å². The number of hydrogen-bond donors (Lipinski definition) is 3. The van der Waals surface area contributed by atoms with E-state index in [-0.39, 0.29) is 25.7 Å². The summed E-state index contributed by atoms with van der Waals surface area (Å²) in [6.07, 6.45) is 52.8. The Morgan fingerprint density at radius 3 is 0.800 bits per heavy atom. The van der Waals surface area contributed by atoms with Gasteiger partial charge in [0, 0.05) is 25.7 Å². The molecule has 3 N–H and O–H groups in total. The Kier molecular flexibility index (Phi) is 65.2. The molecule has 0 heterocycles. The smallest absolute Gasteiger partial charge is 0.462 e. The van der Waals surface area contributed by atoms with Crippen LogP contribution in [0.4, 0.5) is 0 Å². The summed E-state index contributed by atoms with van der Waals surface area (Å²) in [6, 6.07) is 0. The molecular weight excluding hydrogens is 1250 g/mol. The lowest BCUT2D eigenvalue weighted by molar-refractivity contribution is -0.161. The first-order valence-electron chi connectivity index (χ1n) is 39.4. The maximum atomic E-state index is 13.1. The number of rotatable bonds is 74. The highest BCUT2D eigenvalue weighted by molar-refractivity contribution is 7.47. The van der Waals surface area contributed by atoms with Crippen LogP contribution in [0.1, 0.15) is 389 Å². The van der Waals surface area contributed by atoms with E-state index in [9.17, 15) is 43.2 Å². The minimum absolute atomic E-state index is 0.104. The van der Waals surface area contributed by atoms with Gasteiger partial charge in [-0.25, -0.2) is 9.13 Å². The summed E-state index contributed by atoms with van der Waals surface area (Å²) in [7, 11) is -9.91. The lowest BCUT2D eigenvalue weighted by atomic mass is 9.99. The number of carbonyl (C=O) groups excluding carboxylic acids is 4. The molecular formula is C76H148O17P2. The fraction of sp³-hybridized carbons (Fsp3) is 0.947. The lowest BCUT2D eigenvalue weighted by Crippen LogP contribution is -2.30. The Bertz CT molecular complexity index is 1860. The van der Waals surface area contributed by atoms with Crippen molar-refractivity contribution < 1.29 is 80.2 Å². The van der Waals surface area contributed by atoms with Crippen LogP contribution in [0.25, 0.3) is 0 Å². The standard InChI is InChI=1S/C76H148O17P2/c1-8-11-12-13-14-15-16-26-29-35-43-50-57-73(78)86-63-71(92-75(80)59-52-45-36-30-27-24-22-20-18-17-19-21-23-25-28-34-41-48-55-68(6)9-2)65-90-94(82,83)88-61-70(77)62-89-95(84,85)91-66-72(64-87-74(79)58-51-44-39-38-42-49-56-69(7)10-3)93-76(81)60-53-46-37-32-31-33-40-47-54-67(4)5/h67-72,77H,8-66H2,1-7H3,(H,82,83)(H,84,85)/t68?,69?,70-,71-,72-/m1/s1. The molecule has 4 unspecified atom stereocenters. The van der Waals surface area contributed by atoms with Gasteiger partial charge in [0.25, 0.3) is 0 Å². The van der Waals surface area contributed by atoms with Gasteiger partial charge in [0.15, 0.2) is 12.2 Å². The highest BCUT2D eigenvalue weighted by atomic mass is 31.2. The van der Waals surface area contributed by atoms with Gasteiger partial charge in [-0.2, -0.15) is 0 Å². The molecule has 95 heavy (non-hydrogen) atoms. The van der Waals surface area contributed by atoms with Crippen LogP contribution in [0.2, 0.25) is 0 Å². The van der Waals surface area contributed by atoms with Crippen LogP contribution in [0, 0.1) is 17.8 Å². The van der Waals surface area contributed by atoms with Crippen LogP contribution in [-0.4, -0.2) is 96.7 Å². The second-order valence-corrected chi connectivity index (χ2v) is 31.3. The molecule has 0 spiro atoms. The van der Waals surface area contributed by atoms with Crippen LogP contribution >= 0.6 is 15.6 Å². The molecule has 0 bridgehead atoms. The summed E-state index contributed by atoms with van der Waals surface area (Å²) < 4.78 is 68.4. The number of phosphoric acid groups is 2. The number of aliphatic hydroxyl groups excluding tert-OH is 1. The molecule has 7 atom stereocenters. The van der Waals surface area contributed by atoms with Gasteiger partial charge in [-0.1, -0.05) is 337 Å². The molecule has 0 amide bonds. The molecule has 0 fully saturated rings. The zero-order valence-corrected chi connectivity index (χ0v) is 63.9. The van der Waals surface area contributed by atoms with Crippen LogP contribution in [0.5, 0.6) is 0 Å². The van der Waals surface area contributed by atoms with Gasteiger partial charge >= 0.3 is 39.5 Å². The average Bonchev–Trinajstić information content (AvgIpc) is 1.74. The van der Waals surface area contributed by atoms with Crippen LogP contribution < -0.4 is 0 Å². The molecule has 0 aliphatic rings. The van der Waals surface area contributed by atoms with E-state index in [0.29, 0.717) is 25.7 Å². The van der Waals surface area contributed by atoms with Gasteiger partial charge in [0.1, 0.15) is 19.3 Å². The van der Waals surface area contributed by atoms with Gasteiger partial charge in [-0.15, -0.1) is 0 Å². The second kappa shape index (κ2) is 66.6. The van der Waals surface area contributed by atoms with Crippen molar-refractivity contribution in [3.05, 3.63) is 0 Å². The number of carbonyl (C=O) groups is 4. The fourth-order valence-corrected chi connectivity index (χ4v) is 13.1. The van der Waals surface area contributed by atoms with E-state index in [1.54, 1.807) is 0 Å². The summed E-state index contributed by atoms with van der Waals surface area (Å²) in [4.78, 5) is 72.7. The molecule has 0 saturated heterocycles. The van der Waals surface area contributed by atoms with E-state index in [1.165, 1.54) is 193 Å². The minimum atomic E-state index is -4.96. The van der Waals surface area contributed by atoms with Gasteiger partial charge < -0.3 is 33.8 Å². The van der Waals surface area contributed by atoms with E-state index in [4.69, 9.17) is 37.0 Å².